The van der Waals surface area contributed by atoms with Crippen LogP contribution < -0.4 is 27.6 Å². The van der Waals surface area contributed by atoms with Crippen molar-refractivity contribution in [3.63, 3.8) is 0 Å². The number of hydrogen-bond acceptors (Lipinski definition) is 4. The maximum Gasteiger partial charge on any atom is 0.145 e. The lowest BCUT2D eigenvalue weighted by Gasteiger charge is -2.05. The third-order valence-corrected chi connectivity index (χ3v) is 2.98. The van der Waals surface area contributed by atoms with Crippen LogP contribution in [-0.4, -0.2) is 20.0 Å². The summed E-state index contributed by atoms with van der Waals surface area (Å²) in [6, 6.07) is 5.28. The summed E-state index contributed by atoms with van der Waals surface area (Å²) in [4.78, 5) is 10.2. The van der Waals surface area contributed by atoms with E-state index in [0.717, 1.165) is 5.75 Å². The third-order valence-electron chi connectivity index (χ3n) is 2.98. The molecule has 0 spiro atoms. The van der Waals surface area contributed by atoms with Crippen LogP contribution in [0.5, 0.6) is 11.5 Å². The molecule has 2 atom stereocenters. The van der Waals surface area contributed by atoms with Gasteiger partial charge in [0.15, 0.2) is 0 Å². The number of carbonyl (C=O) groups is 1. The zero-order chi connectivity index (χ0) is 13.0. The molecule has 1 aromatic carbocycles. The van der Waals surface area contributed by atoms with Gasteiger partial charge in [-0.25, -0.2) is 0 Å². The smallest absolute Gasteiger partial charge is 0.145 e. The molecular weight excluding hydrogens is 254 g/mol. The molecule has 2 N–H and O–H groups in total. The van der Waals surface area contributed by atoms with E-state index in [9.17, 15) is 4.79 Å². The van der Waals surface area contributed by atoms with Crippen molar-refractivity contribution in [2.45, 2.75) is 13.8 Å². The zero-order valence-corrected chi connectivity index (χ0v) is 11.8. The van der Waals surface area contributed by atoms with Crippen molar-refractivity contribution in [1.29, 1.82) is 0 Å². The molecule has 4 nitrogen and oxygen atoms in total. The van der Waals surface area contributed by atoms with Gasteiger partial charge in [0.2, 0.25) is 0 Å². The zero-order valence-electron chi connectivity index (χ0n) is 11.1. The number of ether oxygens (including phenoxy) is 2. The fourth-order valence-corrected chi connectivity index (χ4v) is 1.35. The van der Waals surface area contributed by atoms with Crippen molar-refractivity contribution in [3.8, 4) is 11.5 Å². The summed E-state index contributed by atoms with van der Waals surface area (Å²) >= 11 is 0. The van der Waals surface area contributed by atoms with Crippen molar-refractivity contribution in [2.24, 2.45) is 11.8 Å². The first-order valence-corrected chi connectivity index (χ1v) is 5.52. The standard InChI is InChI=1S/C8H11NO2.C5H8O.ClH/c1-10-6-3-4-7(9)8(5-6)11-2;1-3-4(2)5(3)6;/h3-5H,9H2,1-2H3;3-4H,1-2H3;1H/p-1. The van der Waals surface area contributed by atoms with E-state index in [1.165, 1.54) is 0 Å². The molecular formula is C13H19ClNO3-. The molecule has 0 aliphatic heterocycles. The van der Waals surface area contributed by atoms with Gasteiger partial charge in [-0.15, -0.1) is 0 Å². The molecule has 1 aliphatic rings. The summed E-state index contributed by atoms with van der Waals surface area (Å²) in [5.74, 6) is 2.57. The molecule has 0 bridgehead atoms. The molecule has 0 aromatic heterocycles. The highest BCUT2D eigenvalue weighted by Gasteiger charge is 2.40. The van der Waals surface area contributed by atoms with E-state index in [2.05, 4.69) is 0 Å². The summed E-state index contributed by atoms with van der Waals surface area (Å²) in [7, 11) is 3.18. The highest BCUT2D eigenvalue weighted by Crippen LogP contribution is 2.31. The topological polar surface area (TPSA) is 61.5 Å². The van der Waals surface area contributed by atoms with Crippen molar-refractivity contribution in [2.75, 3.05) is 20.0 Å². The SMILES string of the molecule is CC1C(=O)C1C.COc1ccc(N)c(OC)c1.[Cl-]. The van der Waals surface area contributed by atoms with E-state index in [0.29, 0.717) is 29.1 Å². The lowest BCUT2D eigenvalue weighted by atomic mass is 10.3. The number of nitrogen functional groups attached to an aromatic ring is 1. The first-order valence-electron chi connectivity index (χ1n) is 5.52. The molecule has 1 saturated carbocycles. The summed E-state index contributed by atoms with van der Waals surface area (Å²) in [6.07, 6.45) is 0. The first-order chi connectivity index (χ1) is 8.01. The van der Waals surface area contributed by atoms with Crippen molar-refractivity contribution >= 4 is 11.5 Å². The van der Waals surface area contributed by atoms with Gasteiger partial charge in [-0.05, 0) is 12.1 Å². The quantitative estimate of drug-likeness (QED) is 0.711. The molecule has 2 unspecified atom stereocenters. The molecule has 1 aliphatic carbocycles. The number of halogens is 1. The van der Waals surface area contributed by atoms with Crippen molar-refractivity contribution < 1.29 is 26.7 Å². The number of carbonyl (C=O) groups excluding carboxylic acids is 1. The number of Topliss-reactive ketones (excluding diaryl/α,β-unsaturated/α-hetero) is 1. The predicted molar refractivity (Wildman–Crippen MR) is 67.3 cm³/mol. The van der Waals surface area contributed by atoms with Gasteiger partial charge in [-0.1, -0.05) is 13.8 Å². The van der Waals surface area contributed by atoms with E-state index < -0.39 is 0 Å². The van der Waals surface area contributed by atoms with Gasteiger partial charge < -0.3 is 27.6 Å². The minimum Gasteiger partial charge on any atom is -1.00 e. The molecule has 18 heavy (non-hydrogen) atoms. The van der Waals surface area contributed by atoms with Crippen LogP contribution in [0.15, 0.2) is 18.2 Å². The number of methoxy groups -OCH3 is 2. The Balaban J connectivity index is 0.000000352. The Morgan fingerprint density at radius 1 is 1.11 bits per heavy atom. The Labute approximate surface area is 114 Å². The van der Waals surface area contributed by atoms with Gasteiger partial charge >= 0.3 is 0 Å². The highest BCUT2D eigenvalue weighted by molar-refractivity contribution is 5.98. The second kappa shape index (κ2) is 7.11. The highest BCUT2D eigenvalue weighted by atomic mass is 35.5. The van der Waals surface area contributed by atoms with Crippen LogP contribution in [-0.2, 0) is 4.79 Å². The van der Waals surface area contributed by atoms with E-state index in [1.807, 2.05) is 13.8 Å². The molecule has 2 rings (SSSR count). The van der Waals surface area contributed by atoms with Gasteiger partial charge in [0.25, 0.3) is 0 Å². The van der Waals surface area contributed by atoms with E-state index in [4.69, 9.17) is 15.2 Å². The van der Waals surface area contributed by atoms with Crippen LogP contribution in [0.3, 0.4) is 0 Å². The molecule has 0 amide bonds. The van der Waals surface area contributed by atoms with Gasteiger partial charge in [-0.3, -0.25) is 4.79 Å². The fourth-order valence-electron chi connectivity index (χ4n) is 1.35. The molecule has 1 aromatic rings. The van der Waals surface area contributed by atoms with Crippen molar-refractivity contribution in [3.05, 3.63) is 18.2 Å². The molecule has 0 heterocycles. The van der Waals surface area contributed by atoms with E-state index in [-0.39, 0.29) is 12.4 Å². The molecule has 0 radical (unpaired) electrons. The van der Waals surface area contributed by atoms with Crippen LogP contribution in [0.2, 0.25) is 0 Å². The molecule has 102 valence electrons. The summed E-state index contributed by atoms with van der Waals surface area (Å²) < 4.78 is 9.96. The Kier molecular flexibility index (Phi) is 6.55. The van der Waals surface area contributed by atoms with E-state index >= 15 is 0 Å². The van der Waals surface area contributed by atoms with Gasteiger partial charge in [0.05, 0.1) is 19.9 Å². The number of anilines is 1. The lowest BCUT2D eigenvalue weighted by Crippen LogP contribution is -3.00. The van der Waals surface area contributed by atoms with Crippen LogP contribution >= 0.6 is 0 Å². The second-order valence-electron chi connectivity index (χ2n) is 4.09. The fraction of sp³-hybridized carbons (Fsp3) is 0.462. The van der Waals surface area contributed by atoms with Crippen LogP contribution in [0.25, 0.3) is 0 Å². The normalized spacial score (nSPS) is 20.1. The summed E-state index contributed by atoms with van der Waals surface area (Å²) in [5, 5.41) is 0. The molecule has 5 heteroatoms. The minimum absolute atomic E-state index is 0. The van der Waals surface area contributed by atoms with Gasteiger partial charge in [0.1, 0.15) is 17.3 Å². The first kappa shape index (κ1) is 16.6. The lowest BCUT2D eigenvalue weighted by molar-refractivity contribution is -0.111. The summed E-state index contributed by atoms with van der Waals surface area (Å²) in [6.45, 7) is 3.93. The Bertz CT molecular complexity index is 399. The molecule has 1 fully saturated rings. The van der Waals surface area contributed by atoms with Crippen LogP contribution in [0.4, 0.5) is 5.69 Å². The number of ketones is 1. The predicted octanol–water partition coefficient (Wildman–Crippen LogP) is -0.869. The van der Waals surface area contributed by atoms with Gasteiger partial charge in [-0.2, -0.15) is 0 Å². The number of hydrogen-bond donors (Lipinski definition) is 1. The van der Waals surface area contributed by atoms with Crippen LogP contribution in [0, 0.1) is 11.8 Å². The van der Waals surface area contributed by atoms with Crippen LogP contribution in [0.1, 0.15) is 13.8 Å². The monoisotopic (exact) mass is 272 g/mol. The number of nitrogens with two attached hydrogens (primary N) is 1. The van der Waals surface area contributed by atoms with Crippen molar-refractivity contribution in [1.82, 2.24) is 0 Å². The maximum atomic E-state index is 10.2. The second-order valence-corrected chi connectivity index (χ2v) is 4.09. The number of benzene rings is 1. The molecule has 0 saturated heterocycles. The average Bonchev–Trinajstić information content (AvgIpc) is 2.87. The minimum atomic E-state index is 0. The Morgan fingerprint density at radius 2 is 1.61 bits per heavy atom. The summed E-state index contributed by atoms with van der Waals surface area (Å²) in [5.41, 5.74) is 6.19. The third kappa shape index (κ3) is 4.11. The Hall–Kier alpha value is -1.42. The van der Waals surface area contributed by atoms with Gasteiger partial charge in [0, 0.05) is 17.9 Å². The van der Waals surface area contributed by atoms with E-state index in [1.54, 1.807) is 32.4 Å². The maximum absolute atomic E-state index is 10.2. The average molecular weight is 273 g/mol. The largest absolute Gasteiger partial charge is 1.00 e. The number of rotatable bonds is 2. The Morgan fingerprint density at radius 3 is 1.94 bits per heavy atom.